The average Bonchev–Trinajstić information content (AvgIpc) is 1.88. The summed E-state index contributed by atoms with van der Waals surface area (Å²) in [5.41, 5.74) is 3.91. The first kappa shape index (κ1) is 10.1. The molecule has 0 fully saturated rings. The molecule has 11 heavy (non-hydrogen) atoms. The first-order valence-electron chi connectivity index (χ1n) is 3.36. The van der Waals surface area contributed by atoms with Crippen LogP contribution in [0, 0.1) is 0 Å². The van der Waals surface area contributed by atoms with Gasteiger partial charge < -0.3 is 10.8 Å². The Morgan fingerprint density at radius 3 is 1.64 bits per heavy atom. The molecule has 0 bridgehead atoms. The summed E-state index contributed by atoms with van der Waals surface area (Å²) in [5.74, 6) is 0. The van der Waals surface area contributed by atoms with Crippen LogP contribution in [0.4, 0.5) is 0 Å². The van der Waals surface area contributed by atoms with Gasteiger partial charge in [0.05, 0.1) is 0 Å². The third kappa shape index (κ3) is 17.6. The van der Waals surface area contributed by atoms with Crippen molar-refractivity contribution in [3.63, 3.8) is 0 Å². The van der Waals surface area contributed by atoms with E-state index in [0.29, 0.717) is 0 Å². The van der Waals surface area contributed by atoms with E-state index in [-0.39, 0.29) is 0 Å². The van der Waals surface area contributed by atoms with Crippen molar-refractivity contribution in [2.45, 2.75) is 19.6 Å². The Bertz CT molecular complexity index is 136. The first-order chi connectivity index (χ1) is 5.00. The number of pyridine rings is 1. The molecule has 0 atom stereocenters. The van der Waals surface area contributed by atoms with Crippen LogP contribution in [0.3, 0.4) is 0 Å². The van der Waals surface area contributed by atoms with Gasteiger partial charge in [-0.15, -0.1) is 0 Å². The van der Waals surface area contributed by atoms with Gasteiger partial charge in [0.25, 0.3) is 0 Å². The highest BCUT2D eigenvalue weighted by Gasteiger charge is 1.98. The fourth-order valence-corrected chi connectivity index (χ4v) is 0.313. The zero-order valence-electron chi connectivity index (χ0n) is 6.86. The SMILES string of the molecule is CC(C)(N)O.c1ccncc1. The summed E-state index contributed by atoms with van der Waals surface area (Å²) in [6.45, 7) is 3.04. The summed E-state index contributed by atoms with van der Waals surface area (Å²) < 4.78 is 0. The second kappa shape index (κ2) is 4.82. The van der Waals surface area contributed by atoms with Gasteiger partial charge in [0, 0.05) is 12.4 Å². The Kier molecular flexibility index (Phi) is 4.41. The molecule has 0 amide bonds. The molecule has 0 aliphatic heterocycles. The van der Waals surface area contributed by atoms with E-state index >= 15 is 0 Å². The fraction of sp³-hybridized carbons (Fsp3) is 0.375. The molecule has 0 saturated carbocycles. The lowest BCUT2D eigenvalue weighted by Crippen LogP contribution is -2.30. The zero-order chi connectivity index (χ0) is 8.74. The monoisotopic (exact) mass is 154 g/mol. The molecule has 3 heteroatoms. The van der Waals surface area contributed by atoms with Crippen molar-refractivity contribution in [2.75, 3.05) is 0 Å². The van der Waals surface area contributed by atoms with Crippen LogP contribution in [-0.4, -0.2) is 15.8 Å². The molecule has 0 aliphatic rings. The van der Waals surface area contributed by atoms with Crippen molar-refractivity contribution in [2.24, 2.45) is 5.73 Å². The van der Waals surface area contributed by atoms with Gasteiger partial charge >= 0.3 is 0 Å². The molecule has 3 nitrogen and oxygen atoms in total. The van der Waals surface area contributed by atoms with Crippen LogP contribution in [0.25, 0.3) is 0 Å². The largest absolute Gasteiger partial charge is 0.377 e. The Morgan fingerprint density at radius 2 is 1.55 bits per heavy atom. The van der Waals surface area contributed by atoms with E-state index in [1.54, 1.807) is 12.4 Å². The maximum Gasteiger partial charge on any atom is 0.107 e. The predicted octanol–water partition coefficient (Wildman–Crippen LogP) is 0.755. The number of nitrogens with zero attached hydrogens (tertiary/aromatic N) is 1. The lowest BCUT2D eigenvalue weighted by molar-refractivity contribution is 0.0881. The topological polar surface area (TPSA) is 59.1 Å². The molecule has 0 aromatic carbocycles. The summed E-state index contributed by atoms with van der Waals surface area (Å²) in [6, 6.07) is 5.72. The van der Waals surface area contributed by atoms with E-state index in [4.69, 9.17) is 10.8 Å². The maximum atomic E-state index is 8.30. The summed E-state index contributed by atoms with van der Waals surface area (Å²) in [5, 5.41) is 8.30. The van der Waals surface area contributed by atoms with Gasteiger partial charge in [0.2, 0.25) is 0 Å². The van der Waals surface area contributed by atoms with Gasteiger partial charge in [-0.25, -0.2) is 0 Å². The van der Waals surface area contributed by atoms with Crippen LogP contribution in [0.15, 0.2) is 30.6 Å². The van der Waals surface area contributed by atoms with Crippen LogP contribution in [-0.2, 0) is 0 Å². The molecule has 62 valence electrons. The van der Waals surface area contributed by atoms with Crippen molar-refractivity contribution in [3.8, 4) is 0 Å². The fourth-order valence-electron chi connectivity index (χ4n) is 0.313. The molecular formula is C8H14N2O. The summed E-state index contributed by atoms with van der Waals surface area (Å²) in [4.78, 5) is 3.78. The molecule has 0 unspecified atom stereocenters. The van der Waals surface area contributed by atoms with Crippen molar-refractivity contribution in [1.82, 2.24) is 4.98 Å². The zero-order valence-corrected chi connectivity index (χ0v) is 6.86. The first-order valence-corrected chi connectivity index (χ1v) is 3.36. The third-order valence-electron chi connectivity index (χ3n) is 0.566. The van der Waals surface area contributed by atoms with Crippen molar-refractivity contribution >= 4 is 0 Å². The van der Waals surface area contributed by atoms with Gasteiger partial charge in [0.15, 0.2) is 0 Å². The van der Waals surface area contributed by atoms with Crippen LogP contribution in [0.5, 0.6) is 0 Å². The van der Waals surface area contributed by atoms with Crippen LogP contribution < -0.4 is 5.73 Å². The van der Waals surface area contributed by atoms with Gasteiger partial charge in [-0.2, -0.15) is 0 Å². The Balaban J connectivity index is 0.000000187. The van der Waals surface area contributed by atoms with E-state index in [1.165, 1.54) is 13.8 Å². The Labute approximate surface area is 66.9 Å². The number of hydrogen-bond acceptors (Lipinski definition) is 3. The number of rotatable bonds is 0. The minimum absolute atomic E-state index is 1.00. The van der Waals surface area contributed by atoms with Crippen molar-refractivity contribution < 1.29 is 5.11 Å². The van der Waals surface area contributed by atoms with Crippen LogP contribution in [0.2, 0.25) is 0 Å². The molecule has 1 heterocycles. The standard InChI is InChI=1S/C5H5N.C3H9NO/c1-2-4-6-5-3-1;1-3(2,4)5/h1-5H;5H,4H2,1-2H3. The van der Waals surface area contributed by atoms with Gasteiger partial charge in [0.1, 0.15) is 5.72 Å². The van der Waals surface area contributed by atoms with E-state index < -0.39 is 5.72 Å². The second-order valence-electron chi connectivity index (χ2n) is 2.68. The van der Waals surface area contributed by atoms with Crippen molar-refractivity contribution in [1.29, 1.82) is 0 Å². The smallest absolute Gasteiger partial charge is 0.107 e. The van der Waals surface area contributed by atoms with Crippen LogP contribution >= 0.6 is 0 Å². The quantitative estimate of drug-likeness (QED) is 0.542. The Morgan fingerprint density at radius 1 is 1.18 bits per heavy atom. The lowest BCUT2D eigenvalue weighted by atomic mass is 10.4. The second-order valence-corrected chi connectivity index (χ2v) is 2.68. The highest BCUT2D eigenvalue weighted by atomic mass is 16.3. The average molecular weight is 154 g/mol. The Hall–Kier alpha value is -0.930. The molecule has 0 aliphatic carbocycles. The van der Waals surface area contributed by atoms with E-state index in [2.05, 4.69) is 4.98 Å². The molecule has 0 radical (unpaired) electrons. The number of aliphatic hydroxyl groups is 1. The highest BCUT2D eigenvalue weighted by Crippen LogP contribution is 1.82. The molecule has 0 saturated heterocycles. The third-order valence-corrected chi connectivity index (χ3v) is 0.566. The molecular weight excluding hydrogens is 140 g/mol. The normalized spacial score (nSPS) is 9.82. The molecule has 1 rings (SSSR count). The predicted molar refractivity (Wildman–Crippen MR) is 44.7 cm³/mol. The van der Waals surface area contributed by atoms with Gasteiger partial charge in [-0.3, -0.25) is 4.98 Å². The molecule has 1 aromatic heterocycles. The van der Waals surface area contributed by atoms with Crippen molar-refractivity contribution in [3.05, 3.63) is 30.6 Å². The van der Waals surface area contributed by atoms with Crippen LogP contribution in [0.1, 0.15) is 13.8 Å². The van der Waals surface area contributed by atoms with E-state index in [0.717, 1.165) is 0 Å². The van der Waals surface area contributed by atoms with E-state index in [1.807, 2.05) is 18.2 Å². The number of aromatic nitrogens is 1. The lowest BCUT2D eigenvalue weighted by Gasteiger charge is -2.05. The maximum absolute atomic E-state index is 8.30. The molecule has 3 N–H and O–H groups in total. The van der Waals surface area contributed by atoms with E-state index in [9.17, 15) is 0 Å². The number of hydrogen-bond donors (Lipinski definition) is 2. The summed E-state index contributed by atoms with van der Waals surface area (Å²) in [6.07, 6.45) is 3.50. The minimum Gasteiger partial charge on any atom is -0.377 e. The van der Waals surface area contributed by atoms with Gasteiger partial charge in [-0.05, 0) is 26.0 Å². The minimum atomic E-state index is -1.00. The molecule has 0 spiro atoms. The number of nitrogens with two attached hydrogens (primary N) is 1. The summed E-state index contributed by atoms with van der Waals surface area (Å²) >= 11 is 0. The summed E-state index contributed by atoms with van der Waals surface area (Å²) in [7, 11) is 0. The molecule has 1 aromatic rings. The highest BCUT2D eigenvalue weighted by molar-refractivity contribution is 4.88. The van der Waals surface area contributed by atoms with Gasteiger partial charge in [-0.1, -0.05) is 6.07 Å².